The number of halogens is 1. The van der Waals surface area contributed by atoms with E-state index in [1.165, 1.54) is 6.26 Å². The summed E-state index contributed by atoms with van der Waals surface area (Å²) in [6, 6.07) is 12.0. The molecule has 4 rings (SSSR count). The van der Waals surface area contributed by atoms with Gasteiger partial charge in [-0.3, -0.25) is 9.52 Å². The van der Waals surface area contributed by atoms with Crippen LogP contribution in [-0.4, -0.2) is 25.8 Å². The number of thiophene rings is 1. The lowest BCUT2D eigenvalue weighted by Gasteiger charge is -2.28. The van der Waals surface area contributed by atoms with Gasteiger partial charge in [-0.2, -0.15) is 0 Å². The van der Waals surface area contributed by atoms with Gasteiger partial charge in [-0.15, -0.1) is 11.3 Å². The summed E-state index contributed by atoms with van der Waals surface area (Å²) in [5.74, 6) is 0.138. The van der Waals surface area contributed by atoms with Crippen molar-refractivity contribution in [3.8, 4) is 0 Å². The number of carbonyl (C=O) groups is 1. The Hall–Kier alpha value is -2.10. The Morgan fingerprint density at radius 3 is 2.74 bits per heavy atom. The van der Waals surface area contributed by atoms with Crippen molar-refractivity contribution in [3.05, 3.63) is 69.4 Å². The van der Waals surface area contributed by atoms with Crippen molar-refractivity contribution in [1.82, 2.24) is 4.90 Å². The van der Waals surface area contributed by atoms with Crippen LogP contribution in [0.3, 0.4) is 0 Å². The van der Waals surface area contributed by atoms with Gasteiger partial charge in [-0.1, -0.05) is 6.07 Å². The zero-order valence-corrected chi connectivity index (χ0v) is 17.2. The van der Waals surface area contributed by atoms with E-state index in [-0.39, 0.29) is 10.1 Å². The van der Waals surface area contributed by atoms with Gasteiger partial charge in [0.1, 0.15) is 4.21 Å². The fraction of sp³-hybridized carbons (Fsp3) is 0.167. The number of furan rings is 1. The number of benzene rings is 1. The van der Waals surface area contributed by atoms with E-state index >= 15 is 0 Å². The maximum atomic E-state index is 12.5. The van der Waals surface area contributed by atoms with E-state index in [9.17, 15) is 13.2 Å². The van der Waals surface area contributed by atoms with Gasteiger partial charge in [-0.25, -0.2) is 8.42 Å². The molecule has 1 aromatic carbocycles. The van der Waals surface area contributed by atoms with Gasteiger partial charge >= 0.3 is 0 Å². The molecule has 3 aromatic rings. The molecular weight excluding hydrogens is 452 g/mol. The molecule has 1 aliphatic heterocycles. The van der Waals surface area contributed by atoms with Crippen LogP contribution in [0.25, 0.3) is 0 Å². The van der Waals surface area contributed by atoms with Crippen molar-refractivity contribution in [1.29, 1.82) is 0 Å². The number of rotatable bonds is 4. The van der Waals surface area contributed by atoms with Crippen LogP contribution in [0.2, 0.25) is 0 Å². The summed E-state index contributed by atoms with van der Waals surface area (Å²) < 4.78 is 33.8. The van der Waals surface area contributed by atoms with Crippen LogP contribution in [0, 0.1) is 0 Å². The van der Waals surface area contributed by atoms with Crippen molar-refractivity contribution < 1.29 is 17.6 Å². The SMILES string of the molecule is O=C(c1ccco1)N1CCc2ccc(NS(=O)(=O)c3ccc(Br)s3)cc2C1. The molecule has 0 bridgehead atoms. The second kappa shape index (κ2) is 7.14. The molecule has 0 saturated carbocycles. The first-order chi connectivity index (χ1) is 12.9. The van der Waals surface area contributed by atoms with Crippen LogP contribution in [-0.2, 0) is 23.0 Å². The largest absolute Gasteiger partial charge is 0.459 e. The Bertz CT molecular complexity index is 1090. The van der Waals surface area contributed by atoms with Gasteiger partial charge in [0.25, 0.3) is 15.9 Å². The van der Waals surface area contributed by atoms with Crippen LogP contribution in [0.1, 0.15) is 21.7 Å². The van der Waals surface area contributed by atoms with E-state index in [1.54, 1.807) is 41.3 Å². The minimum absolute atomic E-state index is 0.167. The molecule has 0 aliphatic carbocycles. The van der Waals surface area contributed by atoms with Gasteiger partial charge in [0.2, 0.25) is 0 Å². The fourth-order valence-corrected chi connectivity index (χ4v) is 6.06. The van der Waals surface area contributed by atoms with E-state index in [1.807, 2.05) is 6.07 Å². The van der Waals surface area contributed by atoms with Crippen molar-refractivity contribution >= 4 is 48.9 Å². The maximum absolute atomic E-state index is 12.5. The van der Waals surface area contributed by atoms with Crippen LogP contribution >= 0.6 is 27.3 Å². The number of sulfonamides is 1. The van der Waals surface area contributed by atoms with E-state index in [0.29, 0.717) is 31.0 Å². The lowest BCUT2D eigenvalue weighted by atomic mass is 9.99. The van der Waals surface area contributed by atoms with E-state index in [2.05, 4.69) is 20.7 Å². The molecule has 0 unspecified atom stereocenters. The molecule has 140 valence electrons. The number of hydrogen-bond acceptors (Lipinski definition) is 5. The molecule has 0 spiro atoms. The van der Waals surface area contributed by atoms with E-state index in [4.69, 9.17) is 4.42 Å². The lowest BCUT2D eigenvalue weighted by molar-refractivity contribution is 0.0702. The molecule has 0 radical (unpaired) electrons. The monoisotopic (exact) mass is 466 g/mol. The van der Waals surface area contributed by atoms with Gasteiger partial charge < -0.3 is 9.32 Å². The summed E-state index contributed by atoms with van der Waals surface area (Å²) in [5, 5.41) is 0. The predicted molar refractivity (Wildman–Crippen MR) is 106 cm³/mol. The third-order valence-electron chi connectivity index (χ3n) is 4.30. The Morgan fingerprint density at radius 2 is 2.04 bits per heavy atom. The number of hydrogen-bond donors (Lipinski definition) is 1. The number of nitrogens with one attached hydrogen (secondary N) is 1. The molecule has 1 aliphatic rings. The van der Waals surface area contributed by atoms with Gasteiger partial charge in [0.05, 0.1) is 10.0 Å². The molecule has 0 atom stereocenters. The van der Waals surface area contributed by atoms with Crippen molar-refractivity contribution in [2.24, 2.45) is 0 Å². The first-order valence-electron chi connectivity index (χ1n) is 8.15. The summed E-state index contributed by atoms with van der Waals surface area (Å²) in [6.45, 7) is 1.01. The van der Waals surface area contributed by atoms with Gasteiger partial charge in [0, 0.05) is 18.8 Å². The minimum atomic E-state index is -3.64. The van der Waals surface area contributed by atoms with Crippen molar-refractivity contribution in [2.75, 3.05) is 11.3 Å². The number of nitrogens with zero attached hydrogens (tertiary/aromatic N) is 1. The summed E-state index contributed by atoms with van der Waals surface area (Å²) in [5.41, 5.74) is 2.51. The molecule has 1 N–H and O–H groups in total. The minimum Gasteiger partial charge on any atom is -0.459 e. The molecule has 0 fully saturated rings. The highest BCUT2D eigenvalue weighted by atomic mass is 79.9. The molecule has 2 aromatic heterocycles. The number of carbonyl (C=O) groups excluding carboxylic acids is 1. The summed E-state index contributed by atoms with van der Waals surface area (Å²) >= 11 is 4.43. The zero-order chi connectivity index (χ0) is 19.0. The third-order valence-corrected chi connectivity index (χ3v) is 7.80. The molecule has 1 amide bonds. The van der Waals surface area contributed by atoms with Gasteiger partial charge in [-0.05, 0) is 69.9 Å². The topological polar surface area (TPSA) is 79.6 Å². The fourth-order valence-electron chi connectivity index (χ4n) is 3.00. The number of fused-ring (bicyclic) bond motifs is 1. The number of anilines is 1. The summed E-state index contributed by atoms with van der Waals surface area (Å²) in [7, 11) is -3.64. The summed E-state index contributed by atoms with van der Waals surface area (Å²) in [6.07, 6.45) is 2.19. The molecular formula is C18H15BrN2O4S2. The molecule has 3 heterocycles. The Kier molecular flexibility index (Phi) is 4.83. The Balaban J connectivity index is 1.55. The Morgan fingerprint density at radius 1 is 1.19 bits per heavy atom. The van der Waals surface area contributed by atoms with Crippen molar-refractivity contribution in [3.63, 3.8) is 0 Å². The second-order valence-electron chi connectivity index (χ2n) is 6.10. The maximum Gasteiger partial charge on any atom is 0.289 e. The number of amides is 1. The summed E-state index contributed by atoms with van der Waals surface area (Å²) in [4.78, 5) is 14.2. The highest BCUT2D eigenvalue weighted by Crippen LogP contribution is 2.29. The van der Waals surface area contributed by atoms with E-state index < -0.39 is 10.0 Å². The standard InChI is InChI=1S/C18H15BrN2O4S2/c19-16-5-6-17(26-16)27(23,24)20-14-4-3-12-7-8-21(11-13(12)10-14)18(22)15-2-1-9-25-15/h1-6,9-10,20H,7-8,11H2. The molecule has 27 heavy (non-hydrogen) atoms. The van der Waals surface area contributed by atoms with Crippen LogP contribution in [0.4, 0.5) is 5.69 Å². The zero-order valence-electron chi connectivity index (χ0n) is 14.0. The van der Waals surface area contributed by atoms with Crippen LogP contribution < -0.4 is 4.72 Å². The normalized spacial score (nSPS) is 14.0. The average molecular weight is 467 g/mol. The molecule has 9 heteroatoms. The van der Waals surface area contributed by atoms with Crippen LogP contribution in [0.5, 0.6) is 0 Å². The highest BCUT2D eigenvalue weighted by Gasteiger charge is 2.24. The average Bonchev–Trinajstić information content (AvgIpc) is 3.32. The predicted octanol–water partition coefficient (Wildman–Crippen LogP) is 4.10. The highest BCUT2D eigenvalue weighted by molar-refractivity contribution is 9.11. The van der Waals surface area contributed by atoms with Gasteiger partial charge in [0.15, 0.2) is 5.76 Å². The van der Waals surface area contributed by atoms with Crippen LogP contribution in [0.15, 0.2) is 61.1 Å². The lowest BCUT2D eigenvalue weighted by Crippen LogP contribution is -2.35. The molecule has 6 nitrogen and oxygen atoms in total. The quantitative estimate of drug-likeness (QED) is 0.627. The smallest absolute Gasteiger partial charge is 0.289 e. The Labute approximate surface area is 169 Å². The van der Waals surface area contributed by atoms with E-state index in [0.717, 1.165) is 26.3 Å². The second-order valence-corrected chi connectivity index (χ2v) is 10.5. The van der Waals surface area contributed by atoms with Crippen molar-refractivity contribution in [2.45, 2.75) is 17.2 Å². The molecule has 0 saturated heterocycles. The third kappa shape index (κ3) is 3.80. The first-order valence-corrected chi connectivity index (χ1v) is 11.2. The first kappa shape index (κ1) is 18.3.